The number of methoxy groups -OCH3 is 1. The van der Waals surface area contributed by atoms with Crippen molar-refractivity contribution in [3.8, 4) is 17.1 Å². The highest BCUT2D eigenvalue weighted by Crippen LogP contribution is 2.31. The highest BCUT2D eigenvalue weighted by Gasteiger charge is 2.29. The molecule has 0 N–H and O–H groups in total. The number of hydrogen-bond acceptors (Lipinski definition) is 4. The molecular weight excluding hydrogens is 375 g/mol. The summed E-state index contributed by atoms with van der Waals surface area (Å²) in [5.74, 6) is 2.02. The number of benzene rings is 2. The molecule has 0 bridgehead atoms. The number of rotatable bonds is 6. The van der Waals surface area contributed by atoms with E-state index in [1.807, 2.05) is 35.8 Å². The molecule has 0 unspecified atom stereocenters. The topological polar surface area (TPSA) is 39.9 Å². The minimum Gasteiger partial charge on any atom is -0.497 e. The summed E-state index contributed by atoms with van der Waals surface area (Å²) in [5, 5.41) is 9.24. The smallest absolute Gasteiger partial charge is 0.416 e. The molecule has 0 aliphatic rings. The predicted molar refractivity (Wildman–Crippen MR) is 98.7 cm³/mol. The van der Waals surface area contributed by atoms with Crippen LogP contribution in [0.25, 0.3) is 11.4 Å². The van der Waals surface area contributed by atoms with E-state index in [2.05, 4.69) is 10.2 Å². The lowest BCUT2D eigenvalue weighted by molar-refractivity contribution is -0.137. The Balaban J connectivity index is 1.75. The lowest BCUT2D eigenvalue weighted by atomic mass is 10.1. The van der Waals surface area contributed by atoms with Gasteiger partial charge < -0.3 is 9.30 Å². The van der Waals surface area contributed by atoms with E-state index in [1.54, 1.807) is 7.11 Å². The van der Waals surface area contributed by atoms with Gasteiger partial charge in [0.05, 0.1) is 12.7 Å². The molecule has 0 atom stereocenters. The Labute approximate surface area is 159 Å². The normalized spacial score (nSPS) is 11.6. The monoisotopic (exact) mass is 393 g/mol. The van der Waals surface area contributed by atoms with Crippen molar-refractivity contribution in [3.05, 3.63) is 59.7 Å². The van der Waals surface area contributed by atoms with Crippen molar-refractivity contribution in [2.75, 3.05) is 7.11 Å². The van der Waals surface area contributed by atoms with E-state index in [0.717, 1.165) is 40.0 Å². The van der Waals surface area contributed by atoms with E-state index < -0.39 is 11.7 Å². The van der Waals surface area contributed by atoms with Crippen LogP contribution in [0.5, 0.6) is 5.75 Å². The van der Waals surface area contributed by atoms with Crippen molar-refractivity contribution < 1.29 is 17.9 Å². The van der Waals surface area contributed by atoms with E-state index in [4.69, 9.17) is 4.74 Å². The molecule has 0 aliphatic heterocycles. The fraction of sp³-hybridized carbons (Fsp3) is 0.263. The second-order valence-electron chi connectivity index (χ2n) is 5.76. The molecule has 3 rings (SSSR count). The molecule has 27 heavy (non-hydrogen) atoms. The average Bonchev–Trinajstić information content (AvgIpc) is 3.09. The Morgan fingerprint density at radius 1 is 1.00 bits per heavy atom. The molecule has 0 amide bonds. The summed E-state index contributed by atoms with van der Waals surface area (Å²) < 4.78 is 45.1. The zero-order valence-electron chi connectivity index (χ0n) is 14.8. The van der Waals surface area contributed by atoms with Gasteiger partial charge in [-0.2, -0.15) is 13.2 Å². The van der Waals surface area contributed by atoms with E-state index in [9.17, 15) is 13.2 Å². The number of thioether (sulfide) groups is 1. The standard InChI is InChI=1S/C19H18F3N3OS/c1-3-25-17(14-6-10-16(26-2)11-7-14)23-24-18(25)27-12-13-4-8-15(9-5-13)19(20,21)22/h4-11H,3,12H2,1-2H3. The van der Waals surface area contributed by atoms with E-state index in [0.29, 0.717) is 12.3 Å². The molecule has 1 aromatic heterocycles. The van der Waals surface area contributed by atoms with Gasteiger partial charge in [-0.05, 0) is 48.9 Å². The van der Waals surface area contributed by atoms with E-state index in [-0.39, 0.29) is 0 Å². The van der Waals surface area contributed by atoms with Crippen LogP contribution in [-0.2, 0) is 18.5 Å². The van der Waals surface area contributed by atoms with Gasteiger partial charge in [-0.3, -0.25) is 0 Å². The molecule has 0 saturated carbocycles. The van der Waals surface area contributed by atoms with Crippen LogP contribution in [0.4, 0.5) is 13.2 Å². The highest BCUT2D eigenvalue weighted by molar-refractivity contribution is 7.98. The van der Waals surface area contributed by atoms with Crippen molar-refractivity contribution >= 4 is 11.8 Å². The van der Waals surface area contributed by atoms with Crippen LogP contribution in [0, 0.1) is 0 Å². The molecule has 8 heteroatoms. The highest BCUT2D eigenvalue weighted by atomic mass is 32.2. The van der Waals surface area contributed by atoms with Gasteiger partial charge in [-0.25, -0.2) is 0 Å². The molecule has 142 valence electrons. The van der Waals surface area contributed by atoms with Gasteiger partial charge >= 0.3 is 6.18 Å². The first-order chi connectivity index (χ1) is 12.9. The Hall–Kier alpha value is -2.48. The first-order valence-corrected chi connectivity index (χ1v) is 9.27. The summed E-state index contributed by atoms with van der Waals surface area (Å²) >= 11 is 1.44. The van der Waals surface area contributed by atoms with Crippen molar-refractivity contribution in [2.24, 2.45) is 0 Å². The fourth-order valence-corrected chi connectivity index (χ4v) is 3.53. The molecule has 0 saturated heterocycles. The van der Waals surface area contributed by atoms with Gasteiger partial charge in [-0.15, -0.1) is 10.2 Å². The minimum absolute atomic E-state index is 0.513. The SMILES string of the molecule is CCn1c(SCc2ccc(C(F)(F)F)cc2)nnc1-c1ccc(OC)cc1. The van der Waals surface area contributed by atoms with Crippen molar-refractivity contribution in [2.45, 2.75) is 30.6 Å². The van der Waals surface area contributed by atoms with E-state index >= 15 is 0 Å². The summed E-state index contributed by atoms with van der Waals surface area (Å²) in [6.07, 6.45) is -4.32. The maximum absolute atomic E-state index is 12.6. The van der Waals surface area contributed by atoms with Crippen LogP contribution in [0.15, 0.2) is 53.7 Å². The maximum Gasteiger partial charge on any atom is 0.416 e. The lowest BCUT2D eigenvalue weighted by Crippen LogP contribution is -2.04. The average molecular weight is 393 g/mol. The molecule has 0 spiro atoms. The van der Waals surface area contributed by atoms with Crippen LogP contribution in [0.1, 0.15) is 18.1 Å². The van der Waals surface area contributed by atoms with Crippen LogP contribution >= 0.6 is 11.8 Å². The molecular formula is C19H18F3N3OS. The van der Waals surface area contributed by atoms with Gasteiger partial charge in [0.1, 0.15) is 5.75 Å². The third-order valence-electron chi connectivity index (χ3n) is 4.03. The van der Waals surface area contributed by atoms with Crippen LogP contribution in [0.3, 0.4) is 0 Å². The van der Waals surface area contributed by atoms with E-state index in [1.165, 1.54) is 23.9 Å². The molecule has 4 nitrogen and oxygen atoms in total. The second-order valence-corrected chi connectivity index (χ2v) is 6.70. The summed E-state index contributed by atoms with van der Waals surface area (Å²) in [6, 6.07) is 12.7. The van der Waals surface area contributed by atoms with Crippen molar-refractivity contribution in [1.29, 1.82) is 0 Å². The van der Waals surface area contributed by atoms with Gasteiger partial charge in [0.15, 0.2) is 11.0 Å². The first-order valence-electron chi connectivity index (χ1n) is 8.29. The third-order valence-corrected chi connectivity index (χ3v) is 5.07. The quantitative estimate of drug-likeness (QED) is 0.534. The zero-order valence-corrected chi connectivity index (χ0v) is 15.6. The molecule has 1 heterocycles. The Bertz CT molecular complexity index is 890. The zero-order chi connectivity index (χ0) is 19.4. The van der Waals surface area contributed by atoms with Crippen LogP contribution < -0.4 is 4.74 Å². The molecule has 0 fully saturated rings. The fourth-order valence-electron chi connectivity index (χ4n) is 2.57. The van der Waals surface area contributed by atoms with Crippen molar-refractivity contribution in [1.82, 2.24) is 14.8 Å². The first kappa shape index (κ1) is 19.3. The summed E-state index contributed by atoms with van der Waals surface area (Å²) in [7, 11) is 1.61. The minimum atomic E-state index is -4.32. The van der Waals surface area contributed by atoms with Gasteiger partial charge in [-0.1, -0.05) is 23.9 Å². The number of ether oxygens (including phenoxy) is 1. The second kappa shape index (κ2) is 8.04. The molecule has 3 aromatic rings. The third kappa shape index (κ3) is 4.44. The Morgan fingerprint density at radius 3 is 2.22 bits per heavy atom. The van der Waals surface area contributed by atoms with Crippen molar-refractivity contribution in [3.63, 3.8) is 0 Å². The van der Waals surface area contributed by atoms with Crippen LogP contribution in [0.2, 0.25) is 0 Å². The van der Waals surface area contributed by atoms with Gasteiger partial charge in [0, 0.05) is 17.9 Å². The summed E-state index contributed by atoms with van der Waals surface area (Å²) in [5.41, 5.74) is 1.07. The number of nitrogens with zero attached hydrogens (tertiary/aromatic N) is 3. The number of aromatic nitrogens is 3. The largest absolute Gasteiger partial charge is 0.497 e. The number of halogens is 3. The lowest BCUT2D eigenvalue weighted by Gasteiger charge is -2.09. The Kier molecular flexibility index (Phi) is 5.74. The molecule has 2 aromatic carbocycles. The maximum atomic E-state index is 12.6. The summed E-state index contributed by atoms with van der Waals surface area (Å²) in [4.78, 5) is 0. The number of alkyl halides is 3. The molecule has 0 radical (unpaired) electrons. The number of hydrogen-bond donors (Lipinski definition) is 0. The summed E-state index contributed by atoms with van der Waals surface area (Å²) in [6.45, 7) is 2.68. The van der Waals surface area contributed by atoms with Gasteiger partial charge in [0.2, 0.25) is 0 Å². The molecule has 0 aliphatic carbocycles. The predicted octanol–water partition coefficient (Wildman–Crippen LogP) is 5.28. The van der Waals surface area contributed by atoms with Gasteiger partial charge in [0.25, 0.3) is 0 Å². The Morgan fingerprint density at radius 2 is 1.67 bits per heavy atom. The van der Waals surface area contributed by atoms with Crippen LogP contribution in [-0.4, -0.2) is 21.9 Å².